The molecule has 25 heavy (non-hydrogen) atoms. The maximum atomic E-state index is 8.78. The molecule has 2 aliphatic rings. The van der Waals surface area contributed by atoms with Crippen LogP contribution in [0.2, 0.25) is 0 Å². The highest BCUT2D eigenvalue weighted by Crippen LogP contribution is 2.69. The maximum Gasteiger partial charge on any atom is 0.229 e. The summed E-state index contributed by atoms with van der Waals surface area (Å²) in [6.07, 6.45) is 5.00. The number of hydrogen-bond donors (Lipinski definition) is 1. The van der Waals surface area contributed by atoms with Crippen molar-refractivity contribution in [3.8, 4) is 0 Å². The molecule has 0 aliphatic heterocycles. The lowest BCUT2D eigenvalue weighted by Crippen LogP contribution is -1.97. The van der Waals surface area contributed by atoms with E-state index in [9.17, 15) is 0 Å². The van der Waals surface area contributed by atoms with Crippen molar-refractivity contribution in [2.45, 2.75) is 57.3 Å². The van der Waals surface area contributed by atoms with Gasteiger partial charge in [-0.15, -0.1) is 0 Å². The Morgan fingerprint density at radius 3 is 2.40 bits per heavy atom. The van der Waals surface area contributed by atoms with Crippen LogP contribution in [0.1, 0.15) is 74.6 Å². The second kappa shape index (κ2) is 7.35. The van der Waals surface area contributed by atoms with Gasteiger partial charge in [-0.05, 0) is 23.8 Å². The van der Waals surface area contributed by atoms with Gasteiger partial charge in [-0.1, -0.05) is 62.2 Å². The number of nitrogens with zero attached hydrogens (tertiary/aromatic N) is 2. The summed E-state index contributed by atoms with van der Waals surface area (Å²) >= 11 is -2.36. The van der Waals surface area contributed by atoms with Crippen LogP contribution in [-0.4, -0.2) is 18.9 Å². The van der Waals surface area contributed by atoms with Gasteiger partial charge in [-0.3, -0.25) is 9.35 Å². The van der Waals surface area contributed by atoms with E-state index in [1.54, 1.807) is 0 Å². The zero-order valence-corrected chi connectivity index (χ0v) is 15.4. The third kappa shape index (κ3) is 3.99. The highest BCUT2D eigenvalue weighted by molar-refractivity contribution is 7.76. The molecule has 2 aliphatic carbocycles. The van der Waals surface area contributed by atoms with Crippen LogP contribution < -0.4 is 5.14 Å². The van der Waals surface area contributed by atoms with Crippen molar-refractivity contribution in [2.24, 2.45) is 10.6 Å². The average Bonchev–Trinajstić information content (AvgIpc) is 3.04. The minimum Gasteiger partial charge on any atom is -0.760 e. The van der Waals surface area contributed by atoms with Gasteiger partial charge in [0.05, 0.1) is 0 Å². The van der Waals surface area contributed by atoms with Crippen molar-refractivity contribution in [1.29, 1.82) is 0 Å². The Labute approximate surface area is 150 Å². The summed E-state index contributed by atoms with van der Waals surface area (Å²) in [5.41, 5.74) is 1.61. The van der Waals surface area contributed by atoms with Crippen LogP contribution in [0.4, 0.5) is 0 Å². The minimum atomic E-state index is -2.36. The largest absolute Gasteiger partial charge is 0.760 e. The molecule has 136 valence electrons. The normalized spacial score (nSPS) is 25.9. The number of benzene rings is 1. The molecular weight excluding hydrogens is 338 g/mol. The van der Waals surface area contributed by atoms with E-state index in [0.717, 1.165) is 11.7 Å². The predicted octanol–water partition coefficient (Wildman–Crippen LogP) is 3.37. The van der Waals surface area contributed by atoms with Crippen molar-refractivity contribution in [3.63, 3.8) is 0 Å². The maximum absolute atomic E-state index is 8.78. The minimum absolute atomic E-state index is 0.220. The van der Waals surface area contributed by atoms with Crippen LogP contribution in [0.3, 0.4) is 0 Å². The molecule has 0 spiro atoms. The highest BCUT2D eigenvalue weighted by atomic mass is 32.2. The van der Waals surface area contributed by atoms with E-state index in [0.29, 0.717) is 17.8 Å². The summed E-state index contributed by atoms with van der Waals surface area (Å²) in [6, 6.07) is 10.7. The molecule has 1 aromatic carbocycles. The van der Waals surface area contributed by atoms with Crippen LogP contribution in [-0.2, 0) is 11.3 Å². The van der Waals surface area contributed by atoms with Gasteiger partial charge in [-0.2, -0.15) is 4.98 Å². The molecule has 2 aromatic rings. The fraction of sp³-hybridized carbons (Fsp3) is 0.556. The summed E-state index contributed by atoms with van der Waals surface area (Å²) in [5, 5.41) is 8.34. The molecule has 0 amide bonds. The quantitative estimate of drug-likeness (QED) is 0.843. The number of nitrogens with two attached hydrogens (primary N) is 1. The standard InChI is InChI=1S/C18H22N2O.H3NO2S/c1-18(2)14(12-8-4-3-5-9-12)15(18)16-19-17(21-20-16)13-10-6-7-11-13;1-4(2)3/h3-5,8-9,13-15H,6-7,10-11H2,1-2H3;1H2,(H,2,3)/p-1/t14-,15+;/m0./s1. The van der Waals surface area contributed by atoms with Crippen molar-refractivity contribution in [3.05, 3.63) is 47.6 Å². The Kier molecular flexibility index (Phi) is 5.36. The fourth-order valence-corrected chi connectivity index (χ4v) is 4.11. The van der Waals surface area contributed by atoms with E-state index >= 15 is 0 Å². The van der Waals surface area contributed by atoms with Crippen molar-refractivity contribution in [1.82, 2.24) is 10.1 Å². The molecule has 0 saturated heterocycles. The topological polar surface area (TPSA) is 105 Å². The van der Waals surface area contributed by atoms with E-state index < -0.39 is 11.3 Å². The SMILES string of the molecule is CC1(C)[C@@H](c2ccccc2)[C@@H]1c1noc(C2CCCC2)n1.NS(=O)[O-]. The molecule has 0 bridgehead atoms. The van der Waals surface area contributed by atoms with E-state index in [4.69, 9.17) is 18.3 Å². The molecule has 2 fully saturated rings. The summed E-state index contributed by atoms with van der Waals surface area (Å²) in [7, 11) is 0. The monoisotopic (exact) mass is 362 g/mol. The van der Waals surface area contributed by atoms with Crippen LogP contribution in [0.25, 0.3) is 0 Å². The third-order valence-corrected chi connectivity index (χ3v) is 5.43. The first-order valence-corrected chi connectivity index (χ1v) is 9.77. The van der Waals surface area contributed by atoms with Gasteiger partial charge in [0, 0.05) is 29.0 Å². The Morgan fingerprint density at radius 2 is 1.80 bits per heavy atom. The van der Waals surface area contributed by atoms with Crippen LogP contribution in [0.15, 0.2) is 34.9 Å². The lowest BCUT2D eigenvalue weighted by atomic mass is 10.0. The van der Waals surface area contributed by atoms with Crippen LogP contribution in [0, 0.1) is 5.41 Å². The summed E-state index contributed by atoms with van der Waals surface area (Å²) in [6.45, 7) is 4.61. The van der Waals surface area contributed by atoms with E-state index in [2.05, 4.69) is 54.5 Å². The zero-order chi connectivity index (χ0) is 18.0. The number of aromatic nitrogens is 2. The Hall–Kier alpha value is -1.57. The molecular formula is C18H24N3O3S-. The summed E-state index contributed by atoms with van der Waals surface area (Å²) in [5.74, 6) is 3.18. The van der Waals surface area contributed by atoms with Gasteiger partial charge in [0.1, 0.15) is 0 Å². The lowest BCUT2D eigenvalue weighted by molar-refractivity contribution is 0.349. The van der Waals surface area contributed by atoms with Crippen molar-refractivity contribution >= 4 is 11.3 Å². The predicted molar refractivity (Wildman–Crippen MR) is 94.3 cm³/mol. The first-order chi connectivity index (χ1) is 11.9. The third-order valence-electron chi connectivity index (χ3n) is 5.43. The highest BCUT2D eigenvalue weighted by Gasteiger charge is 2.61. The summed E-state index contributed by atoms with van der Waals surface area (Å²) in [4.78, 5) is 4.75. The second-order valence-electron chi connectivity index (χ2n) is 7.42. The fourth-order valence-electron chi connectivity index (χ4n) is 4.11. The first kappa shape index (κ1) is 18.2. The van der Waals surface area contributed by atoms with Gasteiger partial charge in [0.2, 0.25) is 5.89 Å². The van der Waals surface area contributed by atoms with Gasteiger partial charge in [0.15, 0.2) is 5.82 Å². The molecule has 6 nitrogen and oxygen atoms in total. The number of rotatable bonds is 3. The van der Waals surface area contributed by atoms with E-state index in [-0.39, 0.29) is 5.41 Å². The van der Waals surface area contributed by atoms with Gasteiger partial charge < -0.3 is 9.08 Å². The molecule has 4 rings (SSSR count). The Morgan fingerprint density at radius 1 is 1.20 bits per heavy atom. The molecule has 1 heterocycles. The molecule has 1 aromatic heterocycles. The Bertz CT molecular complexity index is 722. The smallest absolute Gasteiger partial charge is 0.229 e. The second-order valence-corrected chi connectivity index (χ2v) is 7.94. The zero-order valence-electron chi connectivity index (χ0n) is 14.6. The molecule has 2 saturated carbocycles. The molecule has 0 radical (unpaired) electrons. The van der Waals surface area contributed by atoms with Crippen LogP contribution in [0.5, 0.6) is 0 Å². The van der Waals surface area contributed by atoms with Crippen LogP contribution >= 0.6 is 0 Å². The van der Waals surface area contributed by atoms with Crippen molar-refractivity contribution < 1.29 is 13.3 Å². The lowest BCUT2D eigenvalue weighted by Gasteiger charge is -2.01. The Balaban J connectivity index is 0.000000415. The molecule has 3 atom stereocenters. The van der Waals surface area contributed by atoms with Gasteiger partial charge in [0.25, 0.3) is 0 Å². The van der Waals surface area contributed by atoms with Gasteiger partial charge >= 0.3 is 0 Å². The van der Waals surface area contributed by atoms with Gasteiger partial charge in [-0.25, -0.2) is 0 Å². The molecule has 2 N–H and O–H groups in total. The van der Waals surface area contributed by atoms with Crippen molar-refractivity contribution in [2.75, 3.05) is 0 Å². The molecule has 1 unspecified atom stereocenters. The summed E-state index contributed by atoms with van der Waals surface area (Å²) < 4.78 is 23.1. The van der Waals surface area contributed by atoms with E-state index in [1.165, 1.54) is 31.2 Å². The van der Waals surface area contributed by atoms with E-state index in [1.807, 2.05) is 0 Å². The number of hydrogen-bond acceptors (Lipinski definition) is 5. The molecule has 7 heteroatoms. The average molecular weight is 362 g/mol. The first-order valence-electron chi connectivity index (χ1n) is 8.63.